The van der Waals surface area contributed by atoms with Gasteiger partial charge in [0.15, 0.2) is 0 Å². The van der Waals surface area contributed by atoms with E-state index in [1.807, 2.05) is 0 Å². The number of carbonyl (C=O) groups is 1. The van der Waals surface area contributed by atoms with E-state index in [-0.39, 0.29) is 34.0 Å². The van der Waals surface area contributed by atoms with Crippen molar-refractivity contribution in [1.82, 2.24) is 0 Å². The zero-order chi connectivity index (χ0) is 19.4. The average Bonchev–Trinajstić information content (AvgIpc) is 2.62. The van der Waals surface area contributed by atoms with Crippen LogP contribution in [0, 0.1) is 0 Å². The fourth-order valence-electron chi connectivity index (χ4n) is 2.82. The molecule has 2 aromatic carbocycles. The molecule has 0 spiro atoms. The summed E-state index contributed by atoms with van der Waals surface area (Å²) in [6.07, 6.45) is 4.46. The second-order valence-corrected chi connectivity index (χ2v) is 6.27. The van der Waals surface area contributed by atoms with Gasteiger partial charge in [-0.25, -0.2) is 0 Å². The van der Waals surface area contributed by atoms with Gasteiger partial charge in [-0.3, -0.25) is 9.59 Å². The summed E-state index contributed by atoms with van der Waals surface area (Å²) in [5, 5.41) is 19.5. The summed E-state index contributed by atoms with van der Waals surface area (Å²) >= 11 is 0. The van der Waals surface area contributed by atoms with Gasteiger partial charge in [0.2, 0.25) is 5.43 Å². The van der Waals surface area contributed by atoms with Crippen LogP contribution in [-0.2, 0) is 4.79 Å². The summed E-state index contributed by atoms with van der Waals surface area (Å²) in [6.45, 7) is 2.07. The van der Waals surface area contributed by atoms with Gasteiger partial charge >= 0.3 is 5.97 Å². The number of unbranched alkanes of at least 4 members (excludes halogenated alkanes) is 2. The number of aromatic hydroxyl groups is 2. The summed E-state index contributed by atoms with van der Waals surface area (Å²) in [5.74, 6) is -0.427. The molecule has 3 rings (SSSR count). The van der Waals surface area contributed by atoms with Gasteiger partial charge in [-0.1, -0.05) is 31.9 Å². The minimum Gasteiger partial charge on any atom is -0.508 e. The van der Waals surface area contributed by atoms with Crippen LogP contribution in [0.3, 0.4) is 0 Å². The van der Waals surface area contributed by atoms with Gasteiger partial charge in [0, 0.05) is 18.6 Å². The van der Waals surface area contributed by atoms with Gasteiger partial charge in [-0.15, -0.1) is 0 Å². The highest BCUT2D eigenvalue weighted by Crippen LogP contribution is 2.30. The van der Waals surface area contributed by atoms with Crippen LogP contribution in [0.25, 0.3) is 22.1 Å². The van der Waals surface area contributed by atoms with Crippen molar-refractivity contribution in [3.63, 3.8) is 0 Å². The third-order valence-electron chi connectivity index (χ3n) is 4.22. The number of phenolic OH excluding ortho intramolecular Hbond substituents is 2. The van der Waals surface area contributed by atoms with E-state index in [0.717, 1.165) is 25.3 Å². The highest BCUT2D eigenvalue weighted by atomic mass is 16.5. The molecule has 0 aliphatic heterocycles. The molecule has 0 unspecified atom stereocenters. The summed E-state index contributed by atoms with van der Waals surface area (Å²) in [5.41, 5.74) is 0.491. The average molecular weight is 368 g/mol. The van der Waals surface area contributed by atoms with Crippen molar-refractivity contribution in [3.8, 4) is 28.4 Å². The molecule has 6 nitrogen and oxygen atoms in total. The first-order valence-electron chi connectivity index (χ1n) is 8.78. The minimum atomic E-state index is -0.418. The highest BCUT2D eigenvalue weighted by Gasteiger charge is 2.14. The maximum atomic E-state index is 12.7. The standard InChI is InChI=1S/C21H20O6/c1-2-3-4-5-19(24)27-15-8-6-13(7-9-15)16-12-26-18-11-14(22)10-17(23)20(18)21(16)25/h6-12,22-23H,2-5H2,1H3. The van der Waals surface area contributed by atoms with Crippen LogP contribution in [0.1, 0.15) is 32.6 Å². The van der Waals surface area contributed by atoms with Crippen LogP contribution in [0.2, 0.25) is 0 Å². The number of benzene rings is 2. The first kappa shape index (κ1) is 18.5. The van der Waals surface area contributed by atoms with Crippen LogP contribution < -0.4 is 10.2 Å². The largest absolute Gasteiger partial charge is 0.508 e. The highest BCUT2D eigenvalue weighted by molar-refractivity contribution is 5.88. The molecule has 0 atom stereocenters. The van der Waals surface area contributed by atoms with Crippen LogP contribution in [0.5, 0.6) is 17.2 Å². The summed E-state index contributed by atoms with van der Waals surface area (Å²) in [6, 6.07) is 8.85. The summed E-state index contributed by atoms with van der Waals surface area (Å²) in [7, 11) is 0. The number of hydrogen-bond donors (Lipinski definition) is 2. The van der Waals surface area contributed by atoms with Crippen LogP contribution >= 0.6 is 0 Å². The summed E-state index contributed by atoms with van der Waals surface area (Å²) in [4.78, 5) is 24.5. The molecule has 0 saturated heterocycles. The molecule has 0 bridgehead atoms. The molecule has 1 aromatic heterocycles. The molecule has 3 aromatic rings. The maximum absolute atomic E-state index is 12.7. The monoisotopic (exact) mass is 368 g/mol. The quantitative estimate of drug-likeness (QED) is 0.381. The van der Waals surface area contributed by atoms with Crippen molar-refractivity contribution >= 4 is 16.9 Å². The molecule has 0 aliphatic rings. The molecule has 0 amide bonds. The van der Waals surface area contributed by atoms with Crippen molar-refractivity contribution in [1.29, 1.82) is 0 Å². The van der Waals surface area contributed by atoms with Gasteiger partial charge < -0.3 is 19.4 Å². The Morgan fingerprint density at radius 1 is 1.11 bits per heavy atom. The van der Waals surface area contributed by atoms with E-state index in [0.29, 0.717) is 17.7 Å². The number of rotatable bonds is 6. The number of ether oxygens (including phenoxy) is 1. The van der Waals surface area contributed by atoms with E-state index in [4.69, 9.17) is 9.15 Å². The van der Waals surface area contributed by atoms with Crippen molar-refractivity contribution in [2.24, 2.45) is 0 Å². The molecule has 140 valence electrons. The predicted octanol–water partition coefficient (Wildman–Crippen LogP) is 4.36. The van der Waals surface area contributed by atoms with E-state index < -0.39 is 5.43 Å². The number of hydrogen-bond acceptors (Lipinski definition) is 6. The third kappa shape index (κ3) is 4.11. The van der Waals surface area contributed by atoms with Crippen molar-refractivity contribution in [2.75, 3.05) is 0 Å². The van der Waals surface area contributed by atoms with E-state index >= 15 is 0 Å². The molecule has 0 aliphatic carbocycles. The molecule has 1 heterocycles. The molecule has 0 radical (unpaired) electrons. The first-order chi connectivity index (χ1) is 13.0. The first-order valence-corrected chi connectivity index (χ1v) is 8.78. The van der Waals surface area contributed by atoms with Crippen LogP contribution in [0.15, 0.2) is 51.9 Å². The fourth-order valence-corrected chi connectivity index (χ4v) is 2.82. The smallest absolute Gasteiger partial charge is 0.311 e. The Labute approximate surface area is 155 Å². The molecular weight excluding hydrogens is 348 g/mol. The molecular formula is C21H20O6. The topological polar surface area (TPSA) is 97.0 Å². The van der Waals surface area contributed by atoms with Gasteiger partial charge in [-0.2, -0.15) is 0 Å². The minimum absolute atomic E-state index is 0.00303. The maximum Gasteiger partial charge on any atom is 0.311 e. The molecule has 27 heavy (non-hydrogen) atoms. The fraction of sp³-hybridized carbons (Fsp3) is 0.238. The van der Waals surface area contributed by atoms with Gasteiger partial charge in [0.05, 0.1) is 5.56 Å². The van der Waals surface area contributed by atoms with Gasteiger partial charge in [-0.05, 0) is 24.1 Å². The van der Waals surface area contributed by atoms with E-state index in [9.17, 15) is 19.8 Å². The Morgan fingerprint density at radius 2 is 1.85 bits per heavy atom. The number of fused-ring (bicyclic) bond motifs is 1. The van der Waals surface area contributed by atoms with Gasteiger partial charge in [0.1, 0.15) is 34.5 Å². The van der Waals surface area contributed by atoms with Crippen molar-refractivity contribution < 1.29 is 24.2 Å². The zero-order valence-corrected chi connectivity index (χ0v) is 14.9. The Balaban J connectivity index is 1.84. The predicted molar refractivity (Wildman–Crippen MR) is 101 cm³/mol. The van der Waals surface area contributed by atoms with E-state index in [2.05, 4.69) is 6.92 Å². The number of carbonyl (C=O) groups excluding carboxylic acids is 1. The molecule has 6 heteroatoms. The lowest BCUT2D eigenvalue weighted by atomic mass is 10.0. The molecule has 2 N–H and O–H groups in total. The zero-order valence-electron chi connectivity index (χ0n) is 14.9. The number of esters is 1. The normalized spacial score (nSPS) is 10.9. The molecule has 0 saturated carbocycles. The Hall–Kier alpha value is -3.28. The Kier molecular flexibility index (Phi) is 5.45. The Bertz CT molecular complexity index is 1020. The second kappa shape index (κ2) is 7.95. The lowest BCUT2D eigenvalue weighted by molar-refractivity contribution is -0.134. The number of phenols is 2. The van der Waals surface area contributed by atoms with E-state index in [1.54, 1.807) is 24.3 Å². The van der Waals surface area contributed by atoms with Crippen LogP contribution in [0.4, 0.5) is 0 Å². The van der Waals surface area contributed by atoms with Gasteiger partial charge in [0.25, 0.3) is 0 Å². The third-order valence-corrected chi connectivity index (χ3v) is 4.22. The second-order valence-electron chi connectivity index (χ2n) is 6.27. The lowest BCUT2D eigenvalue weighted by Crippen LogP contribution is -2.08. The molecule has 0 fully saturated rings. The lowest BCUT2D eigenvalue weighted by Gasteiger charge is -2.07. The van der Waals surface area contributed by atoms with Crippen molar-refractivity contribution in [2.45, 2.75) is 32.6 Å². The van der Waals surface area contributed by atoms with E-state index in [1.165, 1.54) is 12.3 Å². The van der Waals surface area contributed by atoms with Crippen molar-refractivity contribution in [3.05, 3.63) is 52.9 Å². The Morgan fingerprint density at radius 3 is 2.56 bits per heavy atom. The SMILES string of the molecule is CCCCCC(=O)Oc1ccc(-c2coc3cc(O)cc(O)c3c2=O)cc1. The summed E-state index contributed by atoms with van der Waals surface area (Å²) < 4.78 is 10.7. The van der Waals surface area contributed by atoms with Crippen LogP contribution in [-0.4, -0.2) is 16.2 Å².